The minimum absolute atomic E-state index is 0.0705. The van der Waals surface area contributed by atoms with Crippen LogP contribution in [0.4, 0.5) is 14.6 Å². The second-order valence-corrected chi connectivity index (χ2v) is 11.1. The Bertz CT molecular complexity index is 1110. The van der Waals surface area contributed by atoms with Gasteiger partial charge in [-0.3, -0.25) is 4.79 Å². The number of amides is 1. The zero-order valence-electron chi connectivity index (χ0n) is 19.2. The molecular formula is C24H30F2N4O3S. The Morgan fingerprint density at radius 2 is 1.76 bits per heavy atom. The number of rotatable bonds is 6. The van der Waals surface area contributed by atoms with Gasteiger partial charge in [-0.25, -0.2) is 22.2 Å². The molecule has 0 atom stereocenters. The summed E-state index contributed by atoms with van der Waals surface area (Å²) in [6.45, 7) is 4.76. The lowest BCUT2D eigenvalue weighted by Crippen LogP contribution is -2.43. The van der Waals surface area contributed by atoms with Gasteiger partial charge in [0.25, 0.3) is 0 Å². The molecule has 2 aliphatic heterocycles. The first-order chi connectivity index (χ1) is 16.2. The van der Waals surface area contributed by atoms with Crippen molar-refractivity contribution >= 4 is 21.7 Å². The van der Waals surface area contributed by atoms with Crippen LogP contribution in [0.25, 0.3) is 0 Å². The van der Waals surface area contributed by atoms with Crippen molar-refractivity contribution in [2.45, 2.75) is 44.0 Å². The molecule has 10 heteroatoms. The summed E-state index contributed by atoms with van der Waals surface area (Å²) in [5.74, 6) is -0.599. The van der Waals surface area contributed by atoms with Crippen molar-refractivity contribution < 1.29 is 22.0 Å². The maximum atomic E-state index is 14.0. The van der Waals surface area contributed by atoms with Crippen LogP contribution in [0.1, 0.15) is 38.2 Å². The Hall–Kier alpha value is -2.59. The summed E-state index contributed by atoms with van der Waals surface area (Å²) in [5, 5.41) is 2.91. The summed E-state index contributed by atoms with van der Waals surface area (Å²) in [4.78, 5) is 18.8. The van der Waals surface area contributed by atoms with Crippen LogP contribution in [-0.4, -0.2) is 49.8 Å². The van der Waals surface area contributed by atoms with Gasteiger partial charge in [0.15, 0.2) is 0 Å². The maximum Gasteiger partial charge on any atom is 0.246 e. The second-order valence-electron chi connectivity index (χ2n) is 9.17. The number of anilines is 1. The van der Waals surface area contributed by atoms with Gasteiger partial charge in [0.05, 0.1) is 0 Å². The minimum Gasteiger partial charge on any atom is -0.357 e. The third-order valence-corrected chi connectivity index (χ3v) is 8.63. The van der Waals surface area contributed by atoms with Gasteiger partial charge >= 0.3 is 0 Å². The van der Waals surface area contributed by atoms with Crippen LogP contribution in [0.2, 0.25) is 0 Å². The minimum atomic E-state index is -4.16. The fraction of sp³-hybridized carbons (Fsp3) is 0.500. The zero-order chi connectivity index (χ0) is 24.3. The van der Waals surface area contributed by atoms with Gasteiger partial charge in [-0.05, 0) is 61.4 Å². The Morgan fingerprint density at radius 1 is 1.06 bits per heavy atom. The molecule has 3 heterocycles. The summed E-state index contributed by atoms with van der Waals surface area (Å²) >= 11 is 0. The number of piperidine rings is 2. The molecule has 1 aromatic heterocycles. The molecule has 34 heavy (non-hydrogen) atoms. The highest BCUT2D eigenvalue weighted by Crippen LogP contribution is 2.26. The molecule has 0 aliphatic carbocycles. The number of aromatic nitrogens is 1. The molecule has 7 nitrogen and oxygen atoms in total. The quantitative estimate of drug-likeness (QED) is 0.669. The third kappa shape index (κ3) is 5.55. The number of nitrogens with zero attached hydrogens (tertiary/aromatic N) is 3. The molecule has 0 unspecified atom stereocenters. The first-order valence-corrected chi connectivity index (χ1v) is 13.1. The molecule has 0 radical (unpaired) electrons. The van der Waals surface area contributed by atoms with E-state index in [4.69, 9.17) is 0 Å². The van der Waals surface area contributed by atoms with Gasteiger partial charge in [-0.15, -0.1) is 0 Å². The number of hydrogen-bond acceptors (Lipinski definition) is 5. The lowest BCUT2D eigenvalue weighted by molar-refractivity contribution is -0.126. The van der Waals surface area contributed by atoms with E-state index in [1.54, 1.807) is 6.20 Å². The van der Waals surface area contributed by atoms with Gasteiger partial charge in [0.2, 0.25) is 15.9 Å². The highest BCUT2D eigenvalue weighted by Gasteiger charge is 2.33. The van der Waals surface area contributed by atoms with E-state index >= 15 is 0 Å². The Kier molecular flexibility index (Phi) is 7.47. The molecular weight excluding hydrogens is 462 g/mol. The van der Waals surface area contributed by atoms with Gasteiger partial charge in [-0.1, -0.05) is 13.0 Å². The lowest BCUT2D eigenvalue weighted by atomic mass is 9.97. The zero-order valence-corrected chi connectivity index (χ0v) is 20.0. The molecule has 2 aliphatic rings. The van der Waals surface area contributed by atoms with E-state index in [9.17, 15) is 22.0 Å². The van der Waals surface area contributed by atoms with Crippen molar-refractivity contribution in [1.82, 2.24) is 14.6 Å². The van der Waals surface area contributed by atoms with E-state index in [-0.39, 0.29) is 24.9 Å². The van der Waals surface area contributed by atoms with Crippen LogP contribution in [0.3, 0.4) is 0 Å². The molecule has 0 saturated carbocycles. The Balaban J connectivity index is 1.27. The number of pyridine rings is 1. The predicted molar refractivity (Wildman–Crippen MR) is 125 cm³/mol. The monoisotopic (exact) mass is 492 g/mol. The molecule has 184 valence electrons. The van der Waals surface area contributed by atoms with E-state index in [2.05, 4.69) is 22.1 Å². The third-order valence-electron chi connectivity index (χ3n) is 6.72. The van der Waals surface area contributed by atoms with Gasteiger partial charge in [-0.2, -0.15) is 4.31 Å². The largest absolute Gasteiger partial charge is 0.357 e. The van der Waals surface area contributed by atoms with Crippen LogP contribution < -0.4 is 10.2 Å². The molecule has 4 rings (SSSR count). The van der Waals surface area contributed by atoms with Crippen molar-refractivity contribution in [1.29, 1.82) is 0 Å². The van der Waals surface area contributed by atoms with Crippen LogP contribution in [-0.2, 0) is 21.4 Å². The average Bonchev–Trinajstić information content (AvgIpc) is 2.85. The van der Waals surface area contributed by atoms with E-state index < -0.39 is 26.6 Å². The number of nitrogens with one attached hydrogen (secondary N) is 1. The second kappa shape index (κ2) is 10.4. The molecule has 1 N–H and O–H groups in total. The van der Waals surface area contributed by atoms with Crippen molar-refractivity contribution in [3.63, 3.8) is 0 Å². The lowest BCUT2D eigenvalue weighted by Gasteiger charge is -2.31. The van der Waals surface area contributed by atoms with Gasteiger partial charge in [0, 0.05) is 44.8 Å². The van der Waals surface area contributed by atoms with Gasteiger partial charge in [0.1, 0.15) is 22.3 Å². The smallest absolute Gasteiger partial charge is 0.246 e. The number of carbonyl (C=O) groups is 1. The van der Waals surface area contributed by atoms with Crippen molar-refractivity contribution in [2.75, 3.05) is 31.1 Å². The molecule has 2 saturated heterocycles. The summed E-state index contributed by atoms with van der Waals surface area (Å²) < 4.78 is 54.0. The number of benzene rings is 1. The van der Waals surface area contributed by atoms with Crippen molar-refractivity contribution in [2.24, 2.45) is 11.8 Å². The topological polar surface area (TPSA) is 82.6 Å². The predicted octanol–water partition coefficient (Wildman–Crippen LogP) is 3.31. The fourth-order valence-corrected chi connectivity index (χ4v) is 6.00. The van der Waals surface area contributed by atoms with E-state index in [1.807, 2.05) is 12.1 Å². The van der Waals surface area contributed by atoms with E-state index in [1.165, 1.54) is 0 Å². The fourth-order valence-electron chi connectivity index (χ4n) is 4.45. The normalized spacial score (nSPS) is 18.7. The van der Waals surface area contributed by atoms with Crippen LogP contribution in [0.5, 0.6) is 0 Å². The molecule has 1 amide bonds. The number of halogens is 2. The molecule has 2 aromatic rings. The molecule has 1 aromatic carbocycles. The number of sulfonamides is 1. The number of hydrogen-bond donors (Lipinski definition) is 1. The SMILES string of the molecule is CC1CCN(c2ccc(CNC(=O)C3CCN(S(=O)(=O)c4cc(F)ccc4F)CC3)cn2)CC1. The summed E-state index contributed by atoms with van der Waals surface area (Å²) in [6, 6.07) is 6.31. The van der Waals surface area contributed by atoms with Crippen LogP contribution >= 0.6 is 0 Å². The van der Waals surface area contributed by atoms with Crippen molar-refractivity contribution in [3.8, 4) is 0 Å². The van der Waals surface area contributed by atoms with E-state index in [0.29, 0.717) is 25.5 Å². The highest BCUT2D eigenvalue weighted by atomic mass is 32.2. The van der Waals surface area contributed by atoms with Gasteiger partial charge < -0.3 is 10.2 Å². The Labute approximate surface area is 199 Å². The molecule has 0 spiro atoms. The number of carbonyl (C=O) groups excluding carboxylic acids is 1. The summed E-state index contributed by atoms with van der Waals surface area (Å²) in [7, 11) is -4.16. The average molecular weight is 493 g/mol. The standard InChI is InChI=1S/C24H30F2N4O3S/c1-17-6-10-29(11-7-17)23-5-2-18(15-27-23)16-28-24(31)19-8-12-30(13-9-19)34(32,33)22-14-20(25)3-4-21(22)26/h2-5,14-15,17,19H,6-13,16H2,1H3,(H,28,31). The summed E-state index contributed by atoms with van der Waals surface area (Å²) in [5.41, 5.74) is 0.893. The molecule has 2 fully saturated rings. The Morgan fingerprint density at radius 3 is 2.41 bits per heavy atom. The first kappa shape index (κ1) is 24.5. The first-order valence-electron chi connectivity index (χ1n) is 11.7. The van der Waals surface area contributed by atoms with Crippen molar-refractivity contribution in [3.05, 3.63) is 53.7 Å². The summed E-state index contributed by atoms with van der Waals surface area (Å²) in [6.07, 6.45) is 4.73. The van der Waals surface area contributed by atoms with Crippen LogP contribution in [0, 0.1) is 23.5 Å². The van der Waals surface area contributed by atoms with E-state index in [0.717, 1.165) is 59.7 Å². The highest BCUT2D eigenvalue weighted by molar-refractivity contribution is 7.89. The maximum absolute atomic E-state index is 14.0. The molecule has 0 bridgehead atoms. The van der Waals surface area contributed by atoms with Crippen LogP contribution in [0.15, 0.2) is 41.4 Å².